The van der Waals surface area contributed by atoms with Gasteiger partial charge in [0.15, 0.2) is 0 Å². The quantitative estimate of drug-likeness (QED) is 0.726. The Kier molecular flexibility index (Phi) is 2.59. The molecule has 84 valence electrons. The number of halogens is 4. The Morgan fingerprint density at radius 2 is 2.06 bits per heavy atom. The normalized spacial score (nSPS) is 11.8. The molecule has 0 radical (unpaired) electrons. The molecule has 0 aliphatic rings. The van der Waals surface area contributed by atoms with Crippen LogP contribution in [0.25, 0.3) is 5.69 Å². The predicted molar refractivity (Wildman–Crippen MR) is 51.4 cm³/mol. The van der Waals surface area contributed by atoms with Gasteiger partial charge in [-0.1, -0.05) is 11.6 Å². The van der Waals surface area contributed by atoms with Crippen LogP contribution in [0.3, 0.4) is 0 Å². The highest BCUT2D eigenvalue weighted by atomic mass is 35.5. The molecule has 0 bridgehead atoms. The molecule has 16 heavy (non-hydrogen) atoms. The molecule has 2 aromatic heterocycles. The highest BCUT2D eigenvalue weighted by molar-refractivity contribution is 6.29. The molecule has 3 nitrogen and oxygen atoms in total. The molecule has 0 amide bonds. The first-order chi connectivity index (χ1) is 7.47. The topological polar surface area (TPSA) is 30.7 Å². The van der Waals surface area contributed by atoms with Crippen LogP contribution < -0.4 is 0 Å². The molecule has 0 saturated carbocycles. The van der Waals surface area contributed by atoms with E-state index in [2.05, 4.69) is 10.1 Å². The Morgan fingerprint density at radius 1 is 1.31 bits per heavy atom. The van der Waals surface area contributed by atoms with Crippen LogP contribution in [0.2, 0.25) is 5.15 Å². The van der Waals surface area contributed by atoms with Crippen molar-refractivity contribution in [2.24, 2.45) is 0 Å². The van der Waals surface area contributed by atoms with Crippen LogP contribution in [-0.2, 0) is 6.18 Å². The summed E-state index contributed by atoms with van der Waals surface area (Å²) in [7, 11) is 0. The van der Waals surface area contributed by atoms with Crippen LogP contribution in [-0.4, -0.2) is 14.8 Å². The van der Waals surface area contributed by atoms with Crippen LogP contribution in [0.1, 0.15) is 5.56 Å². The van der Waals surface area contributed by atoms with Gasteiger partial charge in [-0.3, -0.25) is 0 Å². The Bertz CT molecular complexity index is 507. The van der Waals surface area contributed by atoms with Crippen LogP contribution in [0.15, 0.2) is 30.7 Å². The maximum absolute atomic E-state index is 12.3. The molecule has 0 spiro atoms. The number of rotatable bonds is 1. The molecular weight excluding hydrogens is 243 g/mol. The molecule has 0 saturated heterocycles. The Labute approximate surface area is 93.5 Å². The van der Waals surface area contributed by atoms with Crippen molar-refractivity contribution < 1.29 is 13.2 Å². The van der Waals surface area contributed by atoms with Gasteiger partial charge in [-0.15, -0.1) is 0 Å². The second-order valence-electron chi connectivity index (χ2n) is 3.01. The third-order valence-electron chi connectivity index (χ3n) is 1.88. The lowest BCUT2D eigenvalue weighted by Gasteiger charge is -2.02. The van der Waals surface area contributed by atoms with Crippen LogP contribution in [0, 0.1) is 0 Å². The average molecular weight is 248 g/mol. The zero-order valence-corrected chi connectivity index (χ0v) is 8.50. The minimum absolute atomic E-state index is 0.196. The first kappa shape index (κ1) is 10.9. The van der Waals surface area contributed by atoms with Gasteiger partial charge in [0, 0.05) is 18.5 Å². The van der Waals surface area contributed by atoms with Crippen molar-refractivity contribution in [1.29, 1.82) is 0 Å². The predicted octanol–water partition coefficient (Wildman–Crippen LogP) is 2.94. The van der Waals surface area contributed by atoms with E-state index in [1.165, 1.54) is 18.3 Å². The molecule has 0 unspecified atom stereocenters. The number of aromatic nitrogens is 3. The van der Waals surface area contributed by atoms with Gasteiger partial charge in [-0.05, 0) is 6.07 Å². The molecule has 0 aromatic carbocycles. The van der Waals surface area contributed by atoms with Crippen molar-refractivity contribution in [3.05, 3.63) is 41.4 Å². The first-order valence-electron chi connectivity index (χ1n) is 4.20. The summed E-state index contributed by atoms with van der Waals surface area (Å²) in [5.41, 5.74) is -0.379. The van der Waals surface area contributed by atoms with Gasteiger partial charge in [-0.25, -0.2) is 9.67 Å². The molecule has 0 fully saturated rings. The van der Waals surface area contributed by atoms with Gasteiger partial charge in [0.05, 0.1) is 17.4 Å². The largest absolute Gasteiger partial charge is 0.419 e. The van der Waals surface area contributed by atoms with E-state index in [-0.39, 0.29) is 5.15 Å². The first-order valence-corrected chi connectivity index (χ1v) is 4.58. The van der Waals surface area contributed by atoms with Crippen molar-refractivity contribution in [2.75, 3.05) is 0 Å². The van der Waals surface area contributed by atoms with Gasteiger partial charge in [-0.2, -0.15) is 18.3 Å². The molecule has 0 N–H and O–H groups in total. The number of hydrogen-bond donors (Lipinski definition) is 0. The van der Waals surface area contributed by atoms with Crippen LogP contribution >= 0.6 is 11.6 Å². The maximum Gasteiger partial charge on any atom is 0.419 e. The van der Waals surface area contributed by atoms with E-state index < -0.39 is 11.7 Å². The minimum Gasteiger partial charge on any atom is -0.244 e. The monoisotopic (exact) mass is 247 g/mol. The molecular formula is C9H5ClF3N3. The molecule has 2 heterocycles. The van der Waals surface area contributed by atoms with Crippen molar-refractivity contribution >= 4 is 11.6 Å². The van der Waals surface area contributed by atoms with Crippen LogP contribution in [0.5, 0.6) is 0 Å². The Morgan fingerprint density at radius 3 is 2.62 bits per heavy atom. The zero-order valence-electron chi connectivity index (χ0n) is 7.74. The Hall–Kier alpha value is -1.56. The van der Waals surface area contributed by atoms with E-state index in [9.17, 15) is 13.2 Å². The maximum atomic E-state index is 12.3. The van der Waals surface area contributed by atoms with E-state index in [0.717, 1.165) is 17.1 Å². The summed E-state index contributed by atoms with van der Waals surface area (Å²) < 4.78 is 38.0. The van der Waals surface area contributed by atoms with Crippen LogP contribution in [0.4, 0.5) is 13.2 Å². The zero-order chi connectivity index (χ0) is 11.8. The van der Waals surface area contributed by atoms with Gasteiger partial charge in [0.2, 0.25) is 0 Å². The lowest BCUT2D eigenvalue weighted by atomic mass is 10.3. The fraction of sp³-hybridized carbons (Fsp3) is 0.111. The van der Waals surface area contributed by atoms with E-state index >= 15 is 0 Å². The molecule has 0 aliphatic heterocycles. The molecule has 2 aromatic rings. The molecule has 0 aliphatic carbocycles. The average Bonchev–Trinajstić information content (AvgIpc) is 2.65. The summed E-state index contributed by atoms with van der Waals surface area (Å²) in [5.74, 6) is 0. The molecule has 2 rings (SSSR count). The van der Waals surface area contributed by atoms with Crippen molar-refractivity contribution in [3.8, 4) is 5.69 Å². The number of hydrogen-bond acceptors (Lipinski definition) is 2. The summed E-state index contributed by atoms with van der Waals surface area (Å²) in [5, 5.41) is 3.80. The summed E-state index contributed by atoms with van der Waals surface area (Å²) in [4.78, 5) is 3.72. The van der Waals surface area contributed by atoms with Gasteiger partial charge in [0.25, 0.3) is 0 Å². The number of pyridine rings is 1. The van der Waals surface area contributed by atoms with E-state index in [1.54, 1.807) is 0 Å². The second-order valence-corrected chi connectivity index (χ2v) is 3.40. The standard InChI is InChI=1S/C9H5ClF3N3/c10-8-3-7(1-2-14-8)16-5-6(4-15-16)9(11,12)13/h1-5H. The number of nitrogens with zero attached hydrogens (tertiary/aromatic N) is 3. The molecule has 7 heteroatoms. The Balaban J connectivity index is 2.39. The fourth-order valence-corrected chi connectivity index (χ4v) is 1.31. The van der Waals surface area contributed by atoms with E-state index in [0.29, 0.717) is 5.69 Å². The van der Waals surface area contributed by atoms with E-state index in [4.69, 9.17) is 11.6 Å². The third kappa shape index (κ3) is 2.16. The lowest BCUT2D eigenvalue weighted by molar-refractivity contribution is -0.137. The lowest BCUT2D eigenvalue weighted by Crippen LogP contribution is -2.03. The van der Waals surface area contributed by atoms with Crippen molar-refractivity contribution in [2.45, 2.75) is 6.18 Å². The van der Waals surface area contributed by atoms with Gasteiger partial charge >= 0.3 is 6.18 Å². The van der Waals surface area contributed by atoms with Gasteiger partial charge in [0.1, 0.15) is 5.15 Å². The highest BCUT2D eigenvalue weighted by Gasteiger charge is 2.32. The van der Waals surface area contributed by atoms with E-state index in [1.807, 2.05) is 0 Å². The summed E-state index contributed by atoms with van der Waals surface area (Å²) in [6.45, 7) is 0. The highest BCUT2D eigenvalue weighted by Crippen LogP contribution is 2.29. The SMILES string of the molecule is FC(F)(F)c1cnn(-c2ccnc(Cl)c2)c1. The second kappa shape index (κ2) is 3.79. The third-order valence-corrected chi connectivity index (χ3v) is 2.09. The van der Waals surface area contributed by atoms with Crippen molar-refractivity contribution in [3.63, 3.8) is 0 Å². The summed E-state index contributed by atoms with van der Waals surface area (Å²) in [6.07, 6.45) is -1.35. The summed E-state index contributed by atoms with van der Waals surface area (Å²) in [6, 6.07) is 2.94. The fourth-order valence-electron chi connectivity index (χ4n) is 1.15. The smallest absolute Gasteiger partial charge is 0.244 e. The van der Waals surface area contributed by atoms with Gasteiger partial charge < -0.3 is 0 Å². The van der Waals surface area contributed by atoms with Crippen molar-refractivity contribution in [1.82, 2.24) is 14.8 Å². The summed E-state index contributed by atoms with van der Waals surface area (Å²) >= 11 is 5.62. The minimum atomic E-state index is -4.39. The molecule has 0 atom stereocenters. The number of alkyl halides is 3.